The van der Waals surface area contributed by atoms with E-state index in [0.717, 1.165) is 16.8 Å². The summed E-state index contributed by atoms with van der Waals surface area (Å²) >= 11 is 0. The zero-order valence-electron chi connectivity index (χ0n) is 19.3. The summed E-state index contributed by atoms with van der Waals surface area (Å²) in [5, 5.41) is 0. The number of nitrogens with zero attached hydrogens (tertiary/aromatic N) is 1. The highest BCUT2D eigenvalue weighted by atomic mass is 16.7. The van der Waals surface area contributed by atoms with Crippen molar-refractivity contribution in [2.45, 2.75) is 31.6 Å². The number of rotatable bonds is 6. The zero-order chi connectivity index (χ0) is 23.7. The molecule has 34 heavy (non-hydrogen) atoms. The number of Topliss-reactive ketones (excluding diaryl/α,β-unsaturated/α-hetero) is 1. The van der Waals surface area contributed by atoms with Crippen LogP contribution in [-0.2, 0) is 19.1 Å². The molecule has 0 spiro atoms. The van der Waals surface area contributed by atoms with E-state index in [0.29, 0.717) is 42.2 Å². The van der Waals surface area contributed by atoms with Crippen molar-refractivity contribution in [1.29, 1.82) is 0 Å². The second-order valence-corrected chi connectivity index (χ2v) is 8.78. The molecule has 0 saturated carbocycles. The normalized spacial score (nSPS) is 23.4. The van der Waals surface area contributed by atoms with E-state index in [9.17, 15) is 9.59 Å². The number of carbonyl (C=O) groups is 2. The molecule has 2 aliphatic heterocycles. The van der Waals surface area contributed by atoms with Crippen LogP contribution >= 0.6 is 0 Å². The lowest BCUT2D eigenvalue weighted by Crippen LogP contribution is -2.38. The molecule has 0 saturated heterocycles. The molecule has 2 aromatic rings. The van der Waals surface area contributed by atoms with Crippen LogP contribution in [0.15, 0.2) is 64.8 Å². The van der Waals surface area contributed by atoms with Gasteiger partial charge in [0.2, 0.25) is 6.79 Å². The Labute approximate surface area is 198 Å². The minimum absolute atomic E-state index is 0.0173. The van der Waals surface area contributed by atoms with E-state index in [1.54, 1.807) is 7.11 Å². The number of fused-ring (bicyclic) bond motifs is 1. The smallest absolute Gasteiger partial charge is 0.315 e. The van der Waals surface area contributed by atoms with Gasteiger partial charge in [0.1, 0.15) is 12.5 Å². The molecule has 1 unspecified atom stereocenters. The summed E-state index contributed by atoms with van der Waals surface area (Å²) in [6, 6.07) is 15.6. The number of methoxy groups -OCH3 is 1. The summed E-state index contributed by atoms with van der Waals surface area (Å²) in [4.78, 5) is 31.6. The highest BCUT2D eigenvalue weighted by Crippen LogP contribution is 2.48. The molecule has 3 aliphatic rings. The Hall–Kier alpha value is -3.45. The molecule has 1 aliphatic carbocycles. The van der Waals surface area contributed by atoms with Crippen LogP contribution in [0.3, 0.4) is 0 Å². The van der Waals surface area contributed by atoms with E-state index in [1.165, 1.54) is 0 Å². The molecule has 0 fully saturated rings. The Morgan fingerprint density at radius 2 is 1.82 bits per heavy atom. The third-order valence-corrected chi connectivity index (χ3v) is 6.70. The molecule has 3 atom stereocenters. The van der Waals surface area contributed by atoms with Crippen LogP contribution in [0.5, 0.6) is 11.5 Å². The predicted octanol–water partition coefficient (Wildman–Crippen LogP) is 4.18. The van der Waals surface area contributed by atoms with Crippen molar-refractivity contribution in [2.24, 2.45) is 10.9 Å². The van der Waals surface area contributed by atoms with E-state index in [1.807, 2.05) is 55.5 Å². The zero-order valence-corrected chi connectivity index (χ0v) is 19.3. The Morgan fingerprint density at radius 3 is 2.62 bits per heavy atom. The number of allylic oxidation sites excluding steroid dienone is 2. The largest absolute Gasteiger partial charge is 0.463 e. The maximum atomic E-state index is 13.6. The summed E-state index contributed by atoms with van der Waals surface area (Å²) in [6.45, 7) is 2.43. The number of ketones is 1. The number of aliphatic imine (C=N–C) groups is 1. The summed E-state index contributed by atoms with van der Waals surface area (Å²) in [7, 11) is 1.55. The van der Waals surface area contributed by atoms with Gasteiger partial charge in [0.25, 0.3) is 0 Å². The van der Waals surface area contributed by atoms with Crippen LogP contribution in [0.4, 0.5) is 0 Å². The molecule has 0 bridgehead atoms. The Balaban J connectivity index is 1.56. The number of esters is 1. The fraction of sp³-hybridized carbons (Fsp3) is 0.370. The lowest BCUT2D eigenvalue weighted by atomic mass is 9.69. The Kier molecular flexibility index (Phi) is 6.20. The first-order chi connectivity index (χ1) is 16.6. The fourth-order valence-electron chi connectivity index (χ4n) is 5.11. The fourth-order valence-corrected chi connectivity index (χ4v) is 5.11. The number of ether oxygens (including phenoxy) is 4. The van der Waals surface area contributed by atoms with E-state index < -0.39 is 17.8 Å². The Bertz CT molecular complexity index is 1170. The first kappa shape index (κ1) is 22.3. The van der Waals surface area contributed by atoms with E-state index in [2.05, 4.69) is 0 Å². The molecule has 176 valence electrons. The monoisotopic (exact) mass is 461 g/mol. The van der Waals surface area contributed by atoms with Crippen LogP contribution in [-0.4, -0.2) is 44.6 Å². The van der Waals surface area contributed by atoms with Crippen molar-refractivity contribution < 1.29 is 28.5 Å². The number of carbonyl (C=O) groups excluding carboxylic acids is 2. The summed E-state index contributed by atoms with van der Waals surface area (Å²) < 4.78 is 21.6. The molecule has 7 nitrogen and oxygen atoms in total. The summed E-state index contributed by atoms with van der Waals surface area (Å²) in [5.74, 6) is -0.274. The maximum absolute atomic E-state index is 13.6. The van der Waals surface area contributed by atoms with Crippen LogP contribution in [0, 0.1) is 5.92 Å². The molecular weight excluding hydrogens is 434 g/mol. The van der Waals surface area contributed by atoms with Gasteiger partial charge in [0, 0.05) is 36.4 Å². The van der Waals surface area contributed by atoms with Crippen LogP contribution in [0.25, 0.3) is 0 Å². The number of hydrogen-bond acceptors (Lipinski definition) is 7. The van der Waals surface area contributed by atoms with Gasteiger partial charge >= 0.3 is 5.97 Å². The van der Waals surface area contributed by atoms with Crippen molar-refractivity contribution in [1.82, 2.24) is 0 Å². The molecule has 0 aromatic heterocycles. The lowest BCUT2D eigenvalue weighted by Gasteiger charge is -2.36. The van der Waals surface area contributed by atoms with E-state index in [-0.39, 0.29) is 25.1 Å². The lowest BCUT2D eigenvalue weighted by molar-refractivity contribution is -0.147. The molecule has 7 heteroatoms. The van der Waals surface area contributed by atoms with Crippen LogP contribution < -0.4 is 9.47 Å². The first-order valence-electron chi connectivity index (χ1n) is 11.5. The molecule has 0 N–H and O–H groups in total. The SMILES string of the molecule is COCCOC(=O)C1C(C)=NC2=C(C(=O)C[C@H](c3ccccc3)C2)[C@H]1c1ccc2c(c1)OCO2. The van der Waals surface area contributed by atoms with Gasteiger partial charge in [-0.2, -0.15) is 0 Å². The second kappa shape index (κ2) is 9.43. The molecule has 2 aromatic carbocycles. The Morgan fingerprint density at radius 1 is 1.03 bits per heavy atom. The van der Waals surface area contributed by atoms with Gasteiger partial charge in [-0.1, -0.05) is 36.4 Å². The van der Waals surface area contributed by atoms with Gasteiger partial charge in [-0.25, -0.2) is 0 Å². The first-order valence-corrected chi connectivity index (χ1v) is 11.5. The topological polar surface area (TPSA) is 83.4 Å². The summed E-state index contributed by atoms with van der Waals surface area (Å²) in [5.41, 5.74) is 3.93. The van der Waals surface area contributed by atoms with E-state index in [4.69, 9.17) is 23.9 Å². The van der Waals surface area contributed by atoms with Crippen LogP contribution in [0.1, 0.15) is 42.7 Å². The maximum Gasteiger partial charge on any atom is 0.315 e. The van der Waals surface area contributed by atoms with Gasteiger partial charge in [0.05, 0.1) is 6.61 Å². The van der Waals surface area contributed by atoms with Crippen molar-refractivity contribution in [3.63, 3.8) is 0 Å². The van der Waals surface area contributed by atoms with Crippen molar-refractivity contribution >= 4 is 17.5 Å². The van der Waals surface area contributed by atoms with Gasteiger partial charge in [-0.05, 0) is 42.5 Å². The third kappa shape index (κ3) is 4.12. The number of hydrogen-bond donors (Lipinski definition) is 0. The highest BCUT2D eigenvalue weighted by Gasteiger charge is 2.45. The number of benzene rings is 2. The van der Waals surface area contributed by atoms with E-state index >= 15 is 0 Å². The van der Waals surface area contributed by atoms with Crippen molar-refractivity contribution in [2.75, 3.05) is 27.1 Å². The molecule has 0 amide bonds. The average Bonchev–Trinajstić information content (AvgIpc) is 3.31. The van der Waals surface area contributed by atoms with Crippen molar-refractivity contribution in [3.8, 4) is 11.5 Å². The highest BCUT2D eigenvalue weighted by molar-refractivity contribution is 6.09. The minimum atomic E-state index is -0.701. The molecule has 0 radical (unpaired) electrons. The third-order valence-electron chi connectivity index (χ3n) is 6.70. The van der Waals surface area contributed by atoms with Gasteiger partial charge < -0.3 is 18.9 Å². The summed E-state index contributed by atoms with van der Waals surface area (Å²) in [6.07, 6.45) is 1.03. The molecule has 2 heterocycles. The van der Waals surface area contributed by atoms with Crippen LogP contribution in [0.2, 0.25) is 0 Å². The van der Waals surface area contributed by atoms with Gasteiger partial charge in [0.15, 0.2) is 17.3 Å². The molecule has 5 rings (SSSR count). The van der Waals surface area contributed by atoms with Crippen molar-refractivity contribution in [3.05, 3.63) is 70.9 Å². The second-order valence-electron chi connectivity index (χ2n) is 8.78. The quantitative estimate of drug-likeness (QED) is 0.474. The average molecular weight is 462 g/mol. The standard InChI is InChI=1S/C27H27NO6/c1-16-24(27(30)32-11-10-31-2)25(18-8-9-22-23(14-18)34-15-33-22)26-20(28-16)12-19(13-21(26)29)17-6-4-3-5-7-17/h3-9,14,19,24-25H,10-13,15H2,1-2H3/t19-,24?,25+/m1/s1. The van der Waals surface area contributed by atoms with Gasteiger partial charge in [-0.15, -0.1) is 0 Å². The van der Waals surface area contributed by atoms with Gasteiger partial charge in [-0.3, -0.25) is 14.6 Å². The molecular formula is C27H27NO6. The minimum Gasteiger partial charge on any atom is -0.463 e. The predicted molar refractivity (Wildman–Crippen MR) is 125 cm³/mol.